The number of aromatic nitrogens is 2. The van der Waals surface area contributed by atoms with Crippen molar-refractivity contribution < 1.29 is 4.74 Å². The van der Waals surface area contributed by atoms with E-state index < -0.39 is 0 Å². The summed E-state index contributed by atoms with van der Waals surface area (Å²) in [5.41, 5.74) is 0.985. The fourth-order valence-electron chi connectivity index (χ4n) is 1.54. The van der Waals surface area contributed by atoms with E-state index in [1.165, 1.54) is 0 Å². The molecule has 1 rings (SSSR count). The van der Waals surface area contributed by atoms with Crippen LogP contribution in [-0.2, 0) is 0 Å². The predicted octanol–water partition coefficient (Wildman–Crippen LogP) is 3.76. The van der Waals surface area contributed by atoms with Crippen LogP contribution in [0.3, 0.4) is 0 Å². The van der Waals surface area contributed by atoms with Crippen molar-refractivity contribution in [1.29, 1.82) is 0 Å². The molecule has 4 heteroatoms. The molecule has 0 saturated carbocycles. The van der Waals surface area contributed by atoms with Crippen LogP contribution >= 0.6 is 0 Å². The van der Waals surface area contributed by atoms with Crippen LogP contribution in [0.25, 0.3) is 0 Å². The second-order valence-corrected chi connectivity index (χ2v) is 5.61. The van der Waals surface area contributed by atoms with Crippen molar-refractivity contribution in [2.45, 2.75) is 60.5 Å². The van der Waals surface area contributed by atoms with E-state index in [1.54, 1.807) is 0 Å². The number of nitrogens with zero attached hydrogens (tertiary/aromatic N) is 2. The van der Waals surface area contributed by atoms with Gasteiger partial charge in [-0.2, -0.15) is 4.98 Å². The smallest absolute Gasteiger partial charge is 0.222 e. The number of ether oxygens (including phenoxy) is 1. The van der Waals surface area contributed by atoms with Gasteiger partial charge in [-0.05, 0) is 26.7 Å². The quantitative estimate of drug-likeness (QED) is 0.850. The SMILES string of the molecule is CCNc1nc(C(C)C)nc(OC(C)C(C)C)c1C. The highest BCUT2D eigenvalue weighted by Crippen LogP contribution is 2.26. The minimum Gasteiger partial charge on any atom is -0.474 e. The molecular formula is C15H27N3O. The number of hydrogen-bond donors (Lipinski definition) is 1. The largest absolute Gasteiger partial charge is 0.474 e. The first kappa shape index (κ1) is 15.7. The third-order valence-corrected chi connectivity index (χ3v) is 3.22. The van der Waals surface area contributed by atoms with Gasteiger partial charge in [-0.1, -0.05) is 27.7 Å². The Bertz CT molecular complexity index is 416. The summed E-state index contributed by atoms with van der Waals surface area (Å²) in [5, 5.41) is 3.28. The van der Waals surface area contributed by atoms with Gasteiger partial charge >= 0.3 is 0 Å². The second-order valence-electron chi connectivity index (χ2n) is 5.61. The van der Waals surface area contributed by atoms with Crippen LogP contribution in [0.1, 0.15) is 58.8 Å². The molecule has 0 bridgehead atoms. The van der Waals surface area contributed by atoms with Crippen molar-refractivity contribution in [1.82, 2.24) is 9.97 Å². The lowest BCUT2D eigenvalue weighted by molar-refractivity contribution is 0.161. The molecule has 4 nitrogen and oxygen atoms in total. The topological polar surface area (TPSA) is 47.0 Å². The zero-order valence-electron chi connectivity index (χ0n) is 13.2. The fraction of sp³-hybridized carbons (Fsp3) is 0.733. The molecule has 1 unspecified atom stereocenters. The molecule has 0 aliphatic carbocycles. The number of rotatable bonds is 6. The van der Waals surface area contributed by atoms with E-state index >= 15 is 0 Å². The van der Waals surface area contributed by atoms with Gasteiger partial charge in [-0.3, -0.25) is 0 Å². The molecule has 0 aromatic carbocycles. The zero-order valence-corrected chi connectivity index (χ0v) is 13.2. The maximum atomic E-state index is 5.99. The fourth-order valence-corrected chi connectivity index (χ4v) is 1.54. The van der Waals surface area contributed by atoms with Gasteiger partial charge in [0.2, 0.25) is 5.88 Å². The Balaban J connectivity index is 3.13. The maximum Gasteiger partial charge on any atom is 0.222 e. The molecule has 1 aromatic heterocycles. The molecule has 19 heavy (non-hydrogen) atoms. The van der Waals surface area contributed by atoms with E-state index in [9.17, 15) is 0 Å². The molecular weight excluding hydrogens is 238 g/mol. The highest BCUT2D eigenvalue weighted by Gasteiger charge is 2.17. The first-order chi connectivity index (χ1) is 8.86. The van der Waals surface area contributed by atoms with Crippen molar-refractivity contribution in [3.8, 4) is 5.88 Å². The lowest BCUT2D eigenvalue weighted by Gasteiger charge is -2.21. The summed E-state index contributed by atoms with van der Waals surface area (Å²) in [6.45, 7) is 15.5. The van der Waals surface area contributed by atoms with Gasteiger partial charge in [-0.25, -0.2) is 4.98 Å². The molecule has 1 heterocycles. The molecule has 1 aromatic rings. The second kappa shape index (κ2) is 6.73. The zero-order chi connectivity index (χ0) is 14.6. The number of anilines is 1. The lowest BCUT2D eigenvalue weighted by atomic mass is 10.1. The minimum atomic E-state index is 0.142. The van der Waals surface area contributed by atoms with Crippen LogP contribution in [0.2, 0.25) is 0 Å². The standard InChI is InChI=1S/C15H27N3O/c1-8-16-14-11(6)15(19-12(7)9(2)3)18-13(17-14)10(4)5/h9-10,12H,8H2,1-7H3,(H,16,17,18). The van der Waals surface area contributed by atoms with E-state index in [4.69, 9.17) is 4.74 Å². The Morgan fingerprint density at radius 3 is 2.21 bits per heavy atom. The molecule has 0 amide bonds. The van der Waals surface area contributed by atoms with Crippen molar-refractivity contribution in [2.75, 3.05) is 11.9 Å². The van der Waals surface area contributed by atoms with Gasteiger partial charge in [0, 0.05) is 12.5 Å². The summed E-state index contributed by atoms with van der Waals surface area (Å²) in [6.07, 6.45) is 0.142. The van der Waals surface area contributed by atoms with Gasteiger partial charge < -0.3 is 10.1 Å². The van der Waals surface area contributed by atoms with Crippen LogP contribution in [0.4, 0.5) is 5.82 Å². The van der Waals surface area contributed by atoms with Crippen molar-refractivity contribution in [2.24, 2.45) is 5.92 Å². The summed E-state index contributed by atoms with van der Waals surface area (Å²) >= 11 is 0. The van der Waals surface area contributed by atoms with Crippen LogP contribution in [0, 0.1) is 12.8 Å². The molecule has 1 atom stereocenters. The van der Waals surface area contributed by atoms with Gasteiger partial charge in [0.15, 0.2) is 0 Å². The Hall–Kier alpha value is -1.32. The highest BCUT2D eigenvalue weighted by atomic mass is 16.5. The summed E-state index contributed by atoms with van der Waals surface area (Å²) < 4.78 is 5.99. The van der Waals surface area contributed by atoms with Crippen LogP contribution in [-0.4, -0.2) is 22.6 Å². The molecule has 0 spiro atoms. The van der Waals surface area contributed by atoms with E-state index in [1.807, 2.05) is 6.92 Å². The number of hydrogen-bond acceptors (Lipinski definition) is 4. The third kappa shape index (κ3) is 4.08. The minimum absolute atomic E-state index is 0.142. The Labute approximate surface area is 117 Å². The summed E-state index contributed by atoms with van der Waals surface area (Å²) in [6, 6.07) is 0. The maximum absolute atomic E-state index is 5.99. The summed E-state index contributed by atoms with van der Waals surface area (Å²) in [7, 11) is 0. The third-order valence-electron chi connectivity index (χ3n) is 3.22. The van der Waals surface area contributed by atoms with Gasteiger partial charge in [0.25, 0.3) is 0 Å². The monoisotopic (exact) mass is 265 g/mol. The Kier molecular flexibility index (Phi) is 5.58. The van der Waals surface area contributed by atoms with Crippen LogP contribution in [0.5, 0.6) is 5.88 Å². The molecule has 1 N–H and O–H groups in total. The molecule has 0 fully saturated rings. The molecule has 0 radical (unpaired) electrons. The average molecular weight is 265 g/mol. The normalized spacial score (nSPS) is 12.9. The summed E-state index contributed by atoms with van der Waals surface area (Å²) in [4.78, 5) is 9.14. The van der Waals surface area contributed by atoms with E-state index in [0.29, 0.717) is 11.8 Å². The first-order valence-corrected chi connectivity index (χ1v) is 7.15. The van der Waals surface area contributed by atoms with E-state index in [0.717, 1.165) is 23.8 Å². The lowest BCUT2D eigenvalue weighted by Crippen LogP contribution is -2.21. The average Bonchev–Trinajstić information content (AvgIpc) is 2.33. The van der Waals surface area contributed by atoms with E-state index in [2.05, 4.69) is 56.8 Å². The van der Waals surface area contributed by atoms with Gasteiger partial charge in [0.05, 0.1) is 11.7 Å². The number of nitrogens with one attached hydrogen (secondary N) is 1. The molecule has 0 saturated heterocycles. The predicted molar refractivity (Wildman–Crippen MR) is 79.9 cm³/mol. The summed E-state index contributed by atoms with van der Waals surface area (Å²) in [5.74, 6) is 3.16. The van der Waals surface area contributed by atoms with Crippen molar-refractivity contribution >= 4 is 5.82 Å². The van der Waals surface area contributed by atoms with Gasteiger partial charge in [0.1, 0.15) is 11.6 Å². The first-order valence-electron chi connectivity index (χ1n) is 7.15. The molecule has 108 valence electrons. The molecule has 0 aliphatic heterocycles. The van der Waals surface area contributed by atoms with E-state index in [-0.39, 0.29) is 12.0 Å². The van der Waals surface area contributed by atoms with Crippen molar-refractivity contribution in [3.05, 3.63) is 11.4 Å². The highest BCUT2D eigenvalue weighted by molar-refractivity contribution is 5.48. The van der Waals surface area contributed by atoms with Gasteiger partial charge in [-0.15, -0.1) is 0 Å². The van der Waals surface area contributed by atoms with Crippen LogP contribution in [0.15, 0.2) is 0 Å². The Morgan fingerprint density at radius 1 is 1.11 bits per heavy atom. The van der Waals surface area contributed by atoms with Crippen molar-refractivity contribution in [3.63, 3.8) is 0 Å². The Morgan fingerprint density at radius 2 is 1.74 bits per heavy atom. The van der Waals surface area contributed by atoms with Crippen LogP contribution < -0.4 is 10.1 Å². The molecule has 0 aliphatic rings.